The van der Waals surface area contributed by atoms with Gasteiger partial charge in [0.25, 0.3) is 0 Å². The molecule has 0 aromatic carbocycles. The number of aliphatic hydroxyl groups excluding tert-OH is 1. The molecule has 46 valence electrons. The van der Waals surface area contributed by atoms with Gasteiger partial charge in [0.1, 0.15) is 0 Å². The maximum atomic E-state index is 8.56. The van der Waals surface area contributed by atoms with E-state index in [1.807, 2.05) is 0 Å². The van der Waals surface area contributed by atoms with E-state index in [9.17, 15) is 0 Å². The van der Waals surface area contributed by atoms with Crippen LogP contribution >= 0.6 is 0 Å². The molecule has 0 aromatic rings. The second kappa shape index (κ2) is 15.7. The second-order valence-corrected chi connectivity index (χ2v) is 0.599. The van der Waals surface area contributed by atoms with Crippen LogP contribution in [0.5, 0.6) is 0 Å². The van der Waals surface area contributed by atoms with Gasteiger partial charge in [-0.25, -0.2) is 4.79 Å². The summed E-state index contributed by atoms with van der Waals surface area (Å²) in [7, 11) is 0. The van der Waals surface area contributed by atoms with E-state index in [1.165, 1.54) is 0 Å². The first-order valence-corrected chi connectivity index (χ1v) is 1.67. The van der Waals surface area contributed by atoms with E-state index in [0.717, 1.165) is 0 Å². The van der Waals surface area contributed by atoms with Crippen LogP contribution in [0, 0.1) is 0 Å². The third-order valence-corrected chi connectivity index (χ3v) is 0. The van der Waals surface area contributed by atoms with Crippen molar-refractivity contribution in [1.29, 1.82) is 0 Å². The number of hydrogen-bond donors (Lipinski definition) is 3. The minimum atomic E-state index is -1.83. The van der Waals surface area contributed by atoms with Crippen molar-refractivity contribution in [2.75, 3.05) is 6.61 Å². The van der Waals surface area contributed by atoms with Crippen molar-refractivity contribution in [2.45, 2.75) is 6.92 Å². The molecule has 5 heteroatoms. The molecule has 8 heavy (non-hydrogen) atoms. The molecule has 0 bridgehead atoms. The summed E-state index contributed by atoms with van der Waals surface area (Å²) in [5.74, 6) is 0. The molecule has 3 N–H and O–H groups in total. The minimum absolute atomic E-state index is 0. The number of rotatable bonds is 0. The normalized spacial score (nSPS) is 5.25. The fourth-order valence-electron chi connectivity index (χ4n) is 0. The van der Waals surface area contributed by atoms with Crippen LogP contribution in [-0.4, -0.2) is 79.5 Å². The Morgan fingerprint density at radius 1 is 1.50 bits per heavy atom. The van der Waals surface area contributed by atoms with Crippen LogP contribution in [0.15, 0.2) is 0 Å². The van der Waals surface area contributed by atoms with E-state index in [1.54, 1.807) is 6.92 Å². The van der Waals surface area contributed by atoms with Crippen LogP contribution in [0.1, 0.15) is 6.92 Å². The van der Waals surface area contributed by atoms with Gasteiger partial charge in [0, 0.05) is 6.61 Å². The Kier molecular flexibility index (Phi) is 31.2. The van der Waals surface area contributed by atoms with Crippen LogP contribution < -0.4 is 0 Å². The summed E-state index contributed by atoms with van der Waals surface area (Å²) >= 11 is 0. The molecule has 0 heterocycles. The Bertz CT molecular complexity index is 42.5. The predicted molar refractivity (Wildman–Crippen MR) is 30.6 cm³/mol. The van der Waals surface area contributed by atoms with Gasteiger partial charge in [-0.1, -0.05) is 0 Å². The van der Waals surface area contributed by atoms with Crippen molar-refractivity contribution in [2.24, 2.45) is 0 Å². The summed E-state index contributed by atoms with van der Waals surface area (Å²) in [6, 6.07) is 0. The Balaban J connectivity index is -0.0000000575. The number of aliphatic hydroxyl groups is 1. The summed E-state index contributed by atoms with van der Waals surface area (Å²) in [4.78, 5) is 8.56. The van der Waals surface area contributed by atoms with Crippen LogP contribution in [0.3, 0.4) is 0 Å². The van der Waals surface area contributed by atoms with Gasteiger partial charge in [-0.05, 0) is 6.92 Å². The van der Waals surface area contributed by atoms with Gasteiger partial charge in [-0.2, -0.15) is 0 Å². The standard InChI is InChI=1S/C2H6O.CH2O3.K.H/c1-2-3;2-1(3)4;;/h3H,2H2,1H3;(H2,2,3,4);;. The molecule has 0 aliphatic carbocycles. The summed E-state index contributed by atoms with van der Waals surface area (Å²) in [5, 5.41) is 21.5. The quantitative estimate of drug-likeness (QED) is 0.407. The van der Waals surface area contributed by atoms with Gasteiger partial charge < -0.3 is 15.3 Å². The Labute approximate surface area is 89.9 Å². The molecule has 0 saturated heterocycles. The summed E-state index contributed by atoms with van der Waals surface area (Å²) in [6.07, 6.45) is -1.83. The summed E-state index contributed by atoms with van der Waals surface area (Å²) < 4.78 is 0. The second-order valence-electron chi connectivity index (χ2n) is 0.599. The SMILES string of the molecule is CCO.O=C(O)O.[KH]. The van der Waals surface area contributed by atoms with Gasteiger partial charge in [-0.15, -0.1) is 0 Å². The third-order valence-electron chi connectivity index (χ3n) is 0. The van der Waals surface area contributed by atoms with Gasteiger partial charge in [-0.3, -0.25) is 0 Å². The van der Waals surface area contributed by atoms with Crippen LogP contribution in [0.2, 0.25) is 0 Å². The molecule has 0 aliphatic heterocycles. The number of carboxylic acid groups (broad SMARTS) is 2. The summed E-state index contributed by atoms with van der Waals surface area (Å²) in [5.41, 5.74) is 0. The molecular weight excluding hydrogens is 139 g/mol. The van der Waals surface area contributed by atoms with E-state index in [2.05, 4.69) is 0 Å². The van der Waals surface area contributed by atoms with Crippen molar-refractivity contribution in [3.8, 4) is 0 Å². The van der Waals surface area contributed by atoms with Gasteiger partial charge in [0.05, 0.1) is 0 Å². The molecule has 0 radical (unpaired) electrons. The average molecular weight is 148 g/mol. The molecule has 0 fully saturated rings. The molecule has 0 saturated carbocycles. The van der Waals surface area contributed by atoms with E-state index >= 15 is 0 Å². The van der Waals surface area contributed by atoms with Crippen molar-refractivity contribution in [3.63, 3.8) is 0 Å². The Morgan fingerprint density at radius 3 is 1.50 bits per heavy atom. The van der Waals surface area contributed by atoms with E-state index in [0.29, 0.717) is 0 Å². The molecule has 0 aromatic heterocycles. The Morgan fingerprint density at radius 2 is 1.50 bits per heavy atom. The number of carbonyl (C=O) groups is 1. The third kappa shape index (κ3) is 315. The molecule has 0 amide bonds. The molecular formula is C3H9KO4. The first kappa shape index (κ1) is 15.9. The van der Waals surface area contributed by atoms with E-state index in [4.69, 9.17) is 20.1 Å². The zero-order chi connectivity index (χ0) is 6.28. The molecule has 0 aliphatic rings. The van der Waals surface area contributed by atoms with Gasteiger partial charge >= 0.3 is 57.5 Å². The van der Waals surface area contributed by atoms with Gasteiger partial charge in [0.2, 0.25) is 0 Å². The molecule has 4 nitrogen and oxygen atoms in total. The fourth-order valence-corrected chi connectivity index (χ4v) is 0. The average Bonchev–Trinajstić information content (AvgIpc) is 1.33. The van der Waals surface area contributed by atoms with Crippen molar-refractivity contribution >= 4 is 57.5 Å². The van der Waals surface area contributed by atoms with Gasteiger partial charge in [0.15, 0.2) is 0 Å². The summed E-state index contributed by atoms with van der Waals surface area (Å²) in [6.45, 7) is 1.93. The molecule has 0 unspecified atom stereocenters. The molecule has 0 rings (SSSR count). The molecule has 0 spiro atoms. The van der Waals surface area contributed by atoms with Crippen molar-refractivity contribution < 1.29 is 20.1 Å². The van der Waals surface area contributed by atoms with Crippen molar-refractivity contribution in [1.82, 2.24) is 0 Å². The van der Waals surface area contributed by atoms with Crippen LogP contribution in [0.4, 0.5) is 4.79 Å². The fraction of sp³-hybridized carbons (Fsp3) is 0.667. The predicted octanol–water partition coefficient (Wildman–Crippen LogP) is -0.428. The van der Waals surface area contributed by atoms with Crippen LogP contribution in [-0.2, 0) is 0 Å². The van der Waals surface area contributed by atoms with Crippen molar-refractivity contribution in [3.05, 3.63) is 0 Å². The zero-order valence-electron chi connectivity index (χ0n) is 3.96. The van der Waals surface area contributed by atoms with E-state index < -0.39 is 6.16 Å². The van der Waals surface area contributed by atoms with E-state index in [-0.39, 0.29) is 58.0 Å². The monoisotopic (exact) mass is 148 g/mol. The van der Waals surface area contributed by atoms with Crippen LogP contribution in [0.25, 0.3) is 0 Å². The zero-order valence-corrected chi connectivity index (χ0v) is 3.96. The molecule has 0 atom stereocenters. The Hall–Kier alpha value is 0.866. The topological polar surface area (TPSA) is 77.8 Å². The first-order valence-electron chi connectivity index (χ1n) is 1.67. The first-order chi connectivity index (χ1) is 3.15. The number of hydrogen-bond acceptors (Lipinski definition) is 2. The maximum absolute atomic E-state index is 8.56.